The Labute approximate surface area is 84.9 Å². The number of hydrogen-bond acceptors (Lipinski definition) is 2. The molecule has 14 heavy (non-hydrogen) atoms. The second-order valence-corrected chi connectivity index (χ2v) is 3.13. The summed E-state index contributed by atoms with van der Waals surface area (Å²) in [7, 11) is 0. The molecule has 0 bridgehead atoms. The van der Waals surface area contributed by atoms with E-state index >= 15 is 0 Å². The van der Waals surface area contributed by atoms with Crippen LogP contribution in [-0.4, -0.2) is 10.2 Å². The summed E-state index contributed by atoms with van der Waals surface area (Å²) in [5.74, 6) is 0.300. The Hall–Kier alpha value is -1.55. The SMILES string of the molecule is Fc1ccc(Nc2ccn[nH]2)cc1Cl. The number of nitrogens with one attached hydrogen (secondary N) is 2. The predicted molar refractivity (Wildman–Crippen MR) is 53.3 cm³/mol. The lowest BCUT2D eigenvalue weighted by atomic mass is 10.3. The van der Waals surface area contributed by atoms with Crippen molar-refractivity contribution in [3.8, 4) is 0 Å². The predicted octanol–water partition coefficient (Wildman–Crippen LogP) is 2.95. The Bertz CT molecular complexity index is 428. The van der Waals surface area contributed by atoms with Crippen LogP contribution in [0.3, 0.4) is 0 Å². The average molecular weight is 212 g/mol. The fourth-order valence-corrected chi connectivity index (χ4v) is 1.24. The molecule has 1 aromatic heterocycles. The smallest absolute Gasteiger partial charge is 0.141 e. The van der Waals surface area contributed by atoms with Crippen molar-refractivity contribution in [2.75, 3.05) is 5.32 Å². The third-order valence-corrected chi connectivity index (χ3v) is 1.99. The largest absolute Gasteiger partial charge is 0.341 e. The molecule has 0 aliphatic carbocycles. The summed E-state index contributed by atoms with van der Waals surface area (Å²) >= 11 is 5.61. The minimum absolute atomic E-state index is 0.0921. The van der Waals surface area contributed by atoms with E-state index in [1.54, 1.807) is 18.3 Å². The van der Waals surface area contributed by atoms with Crippen LogP contribution in [-0.2, 0) is 0 Å². The molecule has 2 rings (SSSR count). The summed E-state index contributed by atoms with van der Waals surface area (Å²) in [5, 5.41) is 9.56. The van der Waals surface area contributed by atoms with Gasteiger partial charge in [-0.15, -0.1) is 0 Å². The highest BCUT2D eigenvalue weighted by Crippen LogP contribution is 2.21. The van der Waals surface area contributed by atoms with Gasteiger partial charge >= 0.3 is 0 Å². The quantitative estimate of drug-likeness (QED) is 0.802. The zero-order valence-electron chi connectivity index (χ0n) is 7.09. The molecular formula is C9H7ClFN3. The van der Waals surface area contributed by atoms with E-state index in [4.69, 9.17) is 11.6 Å². The van der Waals surface area contributed by atoms with Gasteiger partial charge in [0.25, 0.3) is 0 Å². The van der Waals surface area contributed by atoms with Gasteiger partial charge in [-0.3, -0.25) is 5.10 Å². The molecule has 0 aliphatic rings. The highest BCUT2D eigenvalue weighted by molar-refractivity contribution is 6.31. The van der Waals surface area contributed by atoms with Crippen LogP contribution in [0.15, 0.2) is 30.5 Å². The summed E-state index contributed by atoms with van der Waals surface area (Å²) < 4.78 is 12.8. The van der Waals surface area contributed by atoms with Crippen molar-refractivity contribution in [1.29, 1.82) is 0 Å². The molecule has 2 N–H and O–H groups in total. The summed E-state index contributed by atoms with van der Waals surface area (Å²) in [6.07, 6.45) is 1.62. The van der Waals surface area contributed by atoms with E-state index in [-0.39, 0.29) is 5.02 Å². The third kappa shape index (κ3) is 1.85. The maximum absolute atomic E-state index is 12.8. The van der Waals surface area contributed by atoms with Crippen LogP contribution in [0.5, 0.6) is 0 Å². The first-order valence-corrected chi connectivity index (χ1v) is 4.35. The van der Waals surface area contributed by atoms with E-state index in [2.05, 4.69) is 15.5 Å². The monoisotopic (exact) mass is 211 g/mol. The van der Waals surface area contributed by atoms with Crippen molar-refractivity contribution >= 4 is 23.1 Å². The maximum Gasteiger partial charge on any atom is 0.141 e. The Morgan fingerprint density at radius 1 is 1.36 bits per heavy atom. The minimum Gasteiger partial charge on any atom is -0.341 e. The first kappa shape index (κ1) is 9.02. The highest BCUT2D eigenvalue weighted by Gasteiger charge is 2.01. The van der Waals surface area contributed by atoms with E-state index in [0.29, 0.717) is 5.69 Å². The van der Waals surface area contributed by atoms with Gasteiger partial charge in [0.1, 0.15) is 11.6 Å². The number of aromatic nitrogens is 2. The Balaban J connectivity index is 2.22. The molecule has 0 saturated carbocycles. The van der Waals surface area contributed by atoms with E-state index in [1.165, 1.54) is 12.1 Å². The first-order valence-electron chi connectivity index (χ1n) is 3.97. The number of benzene rings is 1. The van der Waals surface area contributed by atoms with Crippen LogP contribution in [0.25, 0.3) is 0 Å². The van der Waals surface area contributed by atoms with Crippen molar-refractivity contribution in [2.24, 2.45) is 0 Å². The number of halogens is 2. The maximum atomic E-state index is 12.8. The van der Waals surface area contributed by atoms with Crippen LogP contribution in [0, 0.1) is 5.82 Å². The number of anilines is 2. The summed E-state index contributed by atoms with van der Waals surface area (Å²) in [4.78, 5) is 0. The lowest BCUT2D eigenvalue weighted by Gasteiger charge is -2.03. The summed E-state index contributed by atoms with van der Waals surface area (Å²) in [6.45, 7) is 0. The molecule has 0 saturated heterocycles. The van der Waals surface area contributed by atoms with E-state index in [9.17, 15) is 4.39 Å². The number of aromatic amines is 1. The lowest BCUT2D eigenvalue weighted by Crippen LogP contribution is -1.91. The van der Waals surface area contributed by atoms with Crippen molar-refractivity contribution in [3.05, 3.63) is 41.3 Å². The van der Waals surface area contributed by atoms with Crippen LogP contribution in [0.1, 0.15) is 0 Å². The fourth-order valence-electron chi connectivity index (χ4n) is 1.05. The highest BCUT2D eigenvalue weighted by atomic mass is 35.5. The van der Waals surface area contributed by atoms with Crippen LogP contribution < -0.4 is 5.32 Å². The zero-order chi connectivity index (χ0) is 9.97. The van der Waals surface area contributed by atoms with Gasteiger partial charge in [0.05, 0.1) is 11.2 Å². The topological polar surface area (TPSA) is 40.7 Å². The second-order valence-electron chi connectivity index (χ2n) is 2.72. The van der Waals surface area contributed by atoms with E-state index in [0.717, 1.165) is 5.82 Å². The van der Waals surface area contributed by atoms with E-state index < -0.39 is 5.82 Å². The molecule has 72 valence electrons. The van der Waals surface area contributed by atoms with Crippen LogP contribution in [0.4, 0.5) is 15.9 Å². The standard InChI is InChI=1S/C9H7ClFN3/c10-7-5-6(1-2-8(7)11)13-9-3-4-12-14-9/h1-5H,(H2,12,13,14). The van der Waals surface area contributed by atoms with Gasteiger partial charge < -0.3 is 5.32 Å². The number of H-pyrrole nitrogens is 1. The summed E-state index contributed by atoms with van der Waals surface area (Å²) in [5.41, 5.74) is 0.709. The van der Waals surface area contributed by atoms with Gasteiger partial charge in [-0.2, -0.15) is 5.10 Å². The molecule has 0 aliphatic heterocycles. The number of hydrogen-bond donors (Lipinski definition) is 2. The van der Waals surface area contributed by atoms with Crippen molar-refractivity contribution < 1.29 is 4.39 Å². The molecule has 2 aromatic rings. The van der Waals surface area contributed by atoms with Crippen molar-refractivity contribution in [2.45, 2.75) is 0 Å². The molecule has 0 unspecified atom stereocenters. The number of rotatable bonds is 2. The Kier molecular flexibility index (Phi) is 2.37. The van der Waals surface area contributed by atoms with Gasteiger partial charge in [-0.25, -0.2) is 4.39 Å². The lowest BCUT2D eigenvalue weighted by molar-refractivity contribution is 0.628. The Morgan fingerprint density at radius 3 is 2.86 bits per heavy atom. The van der Waals surface area contributed by atoms with Crippen LogP contribution >= 0.6 is 11.6 Å². The van der Waals surface area contributed by atoms with Gasteiger partial charge in [0.2, 0.25) is 0 Å². The molecule has 0 radical (unpaired) electrons. The van der Waals surface area contributed by atoms with Crippen LogP contribution in [0.2, 0.25) is 5.02 Å². The molecule has 1 aromatic carbocycles. The number of nitrogens with zero attached hydrogens (tertiary/aromatic N) is 1. The van der Waals surface area contributed by atoms with Crippen molar-refractivity contribution in [3.63, 3.8) is 0 Å². The van der Waals surface area contributed by atoms with Gasteiger partial charge in [0, 0.05) is 11.8 Å². The zero-order valence-corrected chi connectivity index (χ0v) is 7.85. The fraction of sp³-hybridized carbons (Fsp3) is 0. The first-order chi connectivity index (χ1) is 6.75. The molecule has 0 spiro atoms. The molecule has 0 atom stereocenters. The average Bonchev–Trinajstić information content (AvgIpc) is 2.64. The van der Waals surface area contributed by atoms with Gasteiger partial charge in [0.15, 0.2) is 0 Å². The molecule has 5 heteroatoms. The normalized spacial score (nSPS) is 10.1. The second kappa shape index (κ2) is 3.67. The van der Waals surface area contributed by atoms with Gasteiger partial charge in [-0.05, 0) is 18.2 Å². The molecule has 0 amide bonds. The third-order valence-electron chi connectivity index (χ3n) is 1.70. The molecular weight excluding hydrogens is 205 g/mol. The summed E-state index contributed by atoms with van der Waals surface area (Å²) in [6, 6.07) is 6.18. The van der Waals surface area contributed by atoms with E-state index in [1.807, 2.05) is 0 Å². The minimum atomic E-state index is -0.429. The molecule has 0 fully saturated rings. The molecule has 1 heterocycles. The Morgan fingerprint density at radius 2 is 2.21 bits per heavy atom. The molecule has 3 nitrogen and oxygen atoms in total. The van der Waals surface area contributed by atoms with Gasteiger partial charge in [-0.1, -0.05) is 11.6 Å². The van der Waals surface area contributed by atoms with Crippen molar-refractivity contribution in [1.82, 2.24) is 10.2 Å².